The third-order valence-electron chi connectivity index (χ3n) is 2.47. The number of ether oxygens (including phenoxy) is 2. The van der Waals surface area contributed by atoms with E-state index in [1.165, 1.54) is 0 Å². The predicted octanol–water partition coefficient (Wildman–Crippen LogP) is 0.929. The van der Waals surface area contributed by atoms with Crippen molar-refractivity contribution in [1.82, 2.24) is 10.6 Å². The van der Waals surface area contributed by atoms with Crippen LogP contribution < -0.4 is 20.1 Å². The third-order valence-corrected chi connectivity index (χ3v) is 2.47. The predicted molar refractivity (Wildman–Crippen MR) is 69.9 cm³/mol. The molecule has 2 N–H and O–H groups in total. The molecule has 0 aromatic heterocycles. The van der Waals surface area contributed by atoms with Crippen LogP contribution in [0.4, 0.5) is 0 Å². The summed E-state index contributed by atoms with van der Waals surface area (Å²) in [6.07, 6.45) is 0. The van der Waals surface area contributed by atoms with Gasteiger partial charge < -0.3 is 20.1 Å². The fourth-order valence-electron chi connectivity index (χ4n) is 1.49. The van der Waals surface area contributed by atoms with Crippen molar-refractivity contribution in [3.8, 4) is 11.5 Å². The second-order valence-electron chi connectivity index (χ2n) is 3.75. The first-order valence-electron chi connectivity index (χ1n) is 5.89. The van der Waals surface area contributed by atoms with Crippen molar-refractivity contribution >= 4 is 5.91 Å². The lowest BCUT2D eigenvalue weighted by atomic mass is 10.2. The van der Waals surface area contributed by atoms with Crippen LogP contribution in [0.3, 0.4) is 0 Å². The van der Waals surface area contributed by atoms with Gasteiger partial charge in [0.2, 0.25) is 5.91 Å². The maximum absolute atomic E-state index is 11.4. The topological polar surface area (TPSA) is 59.6 Å². The molecule has 0 aliphatic rings. The van der Waals surface area contributed by atoms with Gasteiger partial charge in [-0.25, -0.2) is 0 Å². The summed E-state index contributed by atoms with van der Waals surface area (Å²) in [6.45, 7) is 3.56. The monoisotopic (exact) mass is 252 g/mol. The average molecular weight is 252 g/mol. The van der Waals surface area contributed by atoms with Crippen LogP contribution in [0.1, 0.15) is 12.5 Å². The minimum atomic E-state index is -0.0216. The second-order valence-corrected chi connectivity index (χ2v) is 3.75. The van der Waals surface area contributed by atoms with Gasteiger partial charge in [-0.3, -0.25) is 4.79 Å². The van der Waals surface area contributed by atoms with Crippen LogP contribution in [-0.4, -0.2) is 33.2 Å². The molecule has 0 fully saturated rings. The van der Waals surface area contributed by atoms with Crippen molar-refractivity contribution in [2.45, 2.75) is 13.5 Å². The first-order valence-corrected chi connectivity index (χ1v) is 5.89. The normalized spacial score (nSPS) is 9.94. The minimum absolute atomic E-state index is 0.0216. The number of benzene rings is 1. The van der Waals surface area contributed by atoms with Crippen LogP contribution in [0.15, 0.2) is 18.2 Å². The van der Waals surface area contributed by atoms with Crippen LogP contribution in [-0.2, 0) is 11.3 Å². The smallest absolute Gasteiger partial charge is 0.234 e. The van der Waals surface area contributed by atoms with Crippen LogP contribution in [0, 0.1) is 0 Å². The SMILES string of the molecule is CCNCC(=O)NCc1ccc(OC)c(OC)c1. The molecule has 5 heteroatoms. The molecule has 1 amide bonds. The van der Waals surface area contributed by atoms with Gasteiger partial charge in [0.1, 0.15) is 0 Å². The molecule has 0 saturated heterocycles. The van der Waals surface area contributed by atoms with Crippen molar-refractivity contribution < 1.29 is 14.3 Å². The molecule has 0 saturated carbocycles. The van der Waals surface area contributed by atoms with E-state index in [-0.39, 0.29) is 5.91 Å². The highest BCUT2D eigenvalue weighted by molar-refractivity contribution is 5.77. The lowest BCUT2D eigenvalue weighted by molar-refractivity contribution is -0.120. The molecule has 0 atom stereocenters. The van der Waals surface area contributed by atoms with E-state index < -0.39 is 0 Å². The van der Waals surface area contributed by atoms with Crippen molar-refractivity contribution in [2.75, 3.05) is 27.3 Å². The molecule has 100 valence electrons. The molecular weight excluding hydrogens is 232 g/mol. The summed E-state index contributed by atoms with van der Waals surface area (Å²) in [5.74, 6) is 1.32. The van der Waals surface area contributed by atoms with E-state index in [0.717, 1.165) is 12.1 Å². The second kappa shape index (κ2) is 7.55. The van der Waals surface area contributed by atoms with Crippen molar-refractivity contribution in [1.29, 1.82) is 0 Å². The number of rotatable bonds is 7. The van der Waals surface area contributed by atoms with E-state index in [4.69, 9.17) is 9.47 Å². The van der Waals surface area contributed by atoms with Crippen LogP contribution in [0.5, 0.6) is 11.5 Å². The van der Waals surface area contributed by atoms with E-state index in [1.807, 2.05) is 25.1 Å². The van der Waals surface area contributed by atoms with Crippen molar-refractivity contribution in [2.24, 2.45) is 0 Å². The summed E-state index contributed by atoms with van der Waals surface area (Å²) < 4.78 is 10.3. The van der Waals surface area contributed by atoms with Gasteiger partial charge in [-0.1, -0.05) is 13.0 Å². The molecular formula is C13H20N2O3. The number of hydrogen-bond acceptors (Lipinski definition) is 4. The molecule has 0 aliphatic carbocycles. The molecule has 5 nitrogen and oxygen atoms in total. The zero-order valence-corrected chi connectivity index (χ0v) is 11.1. The maximum atomic E-state index is 11.4. The number of carbonyl (C=O) groups excluding carboxylic acids is 1. The number of carbonyl (C=O) groups is 1. The standard InChI is InChI=1S/C13H20N2O3/c1-4-14-9-13(16)15-8-10-5-6-11(17-2)12(7-10)18-3/h5-7,14H,4,8-9H2,1-3H3,(H,15,16). The molecule has 0 aliphatic heterocycles. The molecule has 0 radical (unpaired) electrons. The number of hydrogen-bond donors (Lipinski definition) is 2. The Kier molecular flexibility index (Phi) is 6.00. The summed E-state index contributed by atoms with van der Waals surface area (Å²) in [7, 11) is 3.18. The highest BCUT2D eigenvalue weighted by Crippen LogP contribution is 2.27. The first-order chi connectivity index (χ1) is 8.71. The van der Waals surface area contributed by atoms with Gasteiger partial charge in [-0.05, 0) is 24.2 Å². The maximum Gasteiger partial charge on any atom is 0.234 e. The number of methoxy groups -OCH3 is 2. The lowest BCUT2D eigenvalue weighted by Gasteiger charge is -2.10. The van der Waals surface area contributed by atoms with E-state index in [1.54, 1.807) is 14.2 Å². The molecule has 1 aromatic carbocycles. The summed E-state index contributed by atoms with van der Waals surface area (Å²) in [5.41, 5.74) is 0.970. The fourth-order valence-corrected chi connectivity index (χ4v) is 1.49. The summed E-state index contributed by atoms with van der Waals surface area (Å²) in [4.78, 5) is 11.4. The Morgan fingerprint density at radius 1 is 1.22 bits per heavy atom. The molecule has 1 rings (SSSR count). The number of amides is 1. The van der Waals surface area contributed by atoms with Gasteiger partial charge in [0.25, 0.3) is 0 Å². The number of nitrogens with one attached hydrogen (secondary N) is 2. The van der Waals surface area contributed by atoms with E-state index in [2.05, 4.69) is 10.6 Å². The Balaban J connectivity index is 2.55. The van der Waals surface area contributed by atoms with Crippen LogP contribution in [0.25, 0.3) is 0 Å². The lowest BCUT2D eigenvalue weighted by Crippen LogP contribution is -2.33. The largest absolute Gasteiger partial charge is 0.493 e. The van der Waals surface area contributed by atoms with Crippen molar-refractivity contribution in [3.05, 3.63) is 23.8 Å². The van der Waals surface area contributed by atoms with E-state index in [9.17, 15) is 4.79 Å². The summed E-state index contributed by atoms with van der Waals surface area (Å²) in [6, 6.07) is 5.58. The van der Waals surface area contributed by atoms with Crippen LogP contribution in [0.2, 0.25) is 0 Å². The van der Waals surface area contributed by atoms with Gasteiger partial charge in [-0.15, -0.1) is 0 Å². The molecule has 1 aromatic rings. The van der Waals surface area contributed by atoms with Crippen molar-refractivity contribution in [3.63, 3.8) is 0 Å². The Morgan fingerprint density at radius 3 is 2.56 bits per heavy atom. The third kappa shape index (κ3) is 4.25. The summed E-state index contributed by atoms with van der Waals surface area (Å²) in [5, 5.41) is 5.79. The van der Waals surface area contributed by atoms with Gasteiger partial charge >= 0.3 is 0 Å². The first kappa shape index (κ1) is 14.3. The van der Waals surface area contributed by atoms with E-state index in [0.29, 0.717) is 24.6 Å². The highest BCUT2D eigenvalue weighted by Gasteiger charge is 2.05. The highest BCUT2D eigenvalue weighted by atomic mass is 16.5. The van der Waals surface area contributed by atoms with Gasteiger partial charge in [0.05, 0.1) is 20.8 Å². The quantitative estimate of drug-likeness (QED) is 0.758. The minimum Gasteiger partial charge on any atom is -0.493 e. The molecule has 0 spiro atoms. The number of likely N-dealkylation sites (N-methyl/N-ethyl adjacent to an activating group) is 1. The average Bonchev–Trinajstić information content (AvgIpc) is 2.42. The Morgan fingerprint density at radius 2 is 1.94 bits per heavy atom. The molecule has 18 heavy (non-hydrogen) atoms. The molecule has 0 unspecified atom stereocenters. The van der Waals surface area contributed by atoms with Gasteiger partial charge in [0.15, 0.2) is 11.5 Å². The zero-order valence-electron chi connectivity index (χ0n) is 11.1. The summed E-state index contributed by atoms with van der Waals surface area (Å²) >= 11 is 0. The van der Waals surface area contributed by atoms with E-state index >= 15 is 0 Å². The fraction of sp³-hybridized carbons (Fsp3) is 0.462. The Hall–Kier alpha value is -1.75. The Bertz CT molecular complexity index is 394. The zero-order chi connectivity index (χ0) is 13.4. The van der Waals surface area contributed by atoms with Gasteiger partial charge in [0, 0.05) is 6.54 Å². The Labute approximate surface area is 107 Å². The molecule has 0 heterocycles. The molecule has 0 bridgehead atoms. The van der Waals surface area contributed by atoms with Crippen LogP contribution >= 0.6 is 0 Å². The van der Waals surface area contributed by atoms with Gasteiger partial charge in [-0.2, -0.15) is 0 Å².